The van der Waals surface area contributed by atoms with Crippen molar-refractivity contribution < 1.29 is 9.90 Å². The average molecular weight is 275 g/mol. The van der Waals surface area contributed by atoms with Gasteiger partial charge in [0.2, 0.25) is 0 Å². The van der Waals surface area contributed by atoms with Crippen LogP contribution in [0.15, 0.2) is 18.2 Å². The highest BCUT2D eigenvalue weighted by Crippen LogP contribution is 2.37. The zero-order valence-corrected chi connectivity index (χ0v) is 11.7. The van der Waals surface area contributed by atoms with Crippen molar-refractivity contribution in [2.45, 2.75) is 50.8 Å². The molecule has 2 saturated heterocycles. The van der Waals surface area contributed by atoms with Crippen molar-refractivity contribution in [2.75, 3.05) is 5.43 Å². The van der Waals surface area contributed by atoms with Gasteiger partial charge in [0.25, 0.3) is 5.91 Å². The van der Waals surface area contributed by atoms with Crippen LogP contribution in [0.3, 0.4) is 0 Å². The van der Waals surface area contributed by atoms with E-state index in [0.29, 0.717) is 24.1 Å². The van der Waals surface area contributed by atoms with Gasteiger partial charge in [0.05, 0.1) is 17.4 Å². The third kappa shape index (κ3) is 2.17. The molecule has 2 fully saturated rings. The minimum absolute atomic E-state index is 0.0288. The Labute approximate surface area is 118 Å². The molecule has 0 aromatic heterocycles. The number of piperidine rings is 1. The molecule has 2 aliphatic heterocycles. The van der Waals surface area contributed by atoms with Crippen molar-refractivity contribution in [2.24, 2.45) is 5.84 Å². The molecule has 1 aromatic carbocycles. The number of anilines is 1. The summed E-state index contributed by atoms with van der Waals surface area (Å²) in [4.78, 5) is 14.8. The van der Waals surface area contributed by atoms with E-state index < -0.39 is 0 Å². The normalized spacial score (nSPS) is 28.6. The highest BCUT2D eigenvalue weighted by molar-refractivity contribution is 6.00. The van der Waals surface area contributed by atoms with Crippen molar-refractivity contribution >= 4 is 11.6 Å². The van der Waals surface area contributed by atoms with Crippen molar-refractivity contribution in [1.29, 1.82) is 0 Å². The van der Waals surface area contributed by atoms with Gasteiger partial charge < -0.3 is 15.4 Å². The fraction of sp³-hybridized carbons (Fsp3) is 0.533. The summed E-state index contributed by atoms with van der Waals surface area (Å²) in [5.74, 6) is 5.54. The maximum atomic E-state index is 12.8. The summed E-state index contributed by atoms with van der Waals surface area (Å²) in [6.45, 7) is 1.96. The number of hydrazine groups is 1. The molecule has 0 radical (unpaired) electrons. The van der Waals surface area contributed by atoms with Crippen molar-refractivity contribution in [1.82, 2.24) is 4.90 Å². The molecule has 2 bridgehead atoms. The molecule has 108 valence electrons. The van der Waals surface area contributed by atoms with Crippen LogP contribution in [-0.2, 0) is 0 Å². The lowest BCUT2D eigenvalue weighted by molar-refractivity contribution is 0.0287. The molecule has 20 heavy (non-hydrogen) atoms. The van der Waals surface area contributed by atoms with E-state index in [1.165, 1.54) is 0 Å². The van der Waals surface area contributed by atoms with Gasteiger partial charge in [0.1, 0.15) is 0 Å². The van der Waals surface area contributed by atoms with Crippen LogP contribution in [0.25, 0.3) is 0 Å². The Hall–Kier alpha value is -1.59. The Morgan fingerprint density at radius 3 is 2.60 bits per heavy atom. The van der Waals surface area contributed by atoms with E-state index in [2.05, 4.69) is 5.43 Å². The number of aliphatic hydroxyl groups is 1. The van der Waals surface area contributed by atoms with Crippen molar-refractivity contribution in [3.05, 3.63) is 29.3 Å². The van der Waals surface area contributed by atoms with E-state index in [-0.39, 0.29) is 24.1 Å². The number of carbonyl (C=O) groups excluding carboxylic acids is 1. The Morgan fingerprint density at radius 1 is 1.35 bits per heavy atom. The van der Waals surface area contributed by atoms with Crippen molar-refractivity contribution in [3.63, 3.8) is 0 Å². The molecule has 1 aromatic rings. The summed E-state index contributed by atoms with van der Waals surface area (Å²) in [5, 5.41) is 9.83. The molecular formula is C15H21N3O2. The lowest BCUT2D eigenvalue weighted by atomic mass is 9.98. The van der Waals surface area contributed by atoms with E-state index in [0.717, 1.165) is 18.4 Å². The number of hydrogen-bond acceptors (Lipinski definition) is 4. The first-order valence-corrected chi connectivity index (χ1v) is 7.18. The van der Waals surface area contributed by atoms with Gasteiger partial charge in [0, 0.05) is 12.1 Å². The standard InChI is InChI=1S/C15H21N3O2/c1-9-2-5-14(17-16)13(6-9)15(20)18-10-3-4-11(18)8-12(19)7-10/h2,5-6,10-12,17,19H,3-4,7-8,16H2,1H3. The SMILES string of the molecule is Cc1ccc(NN)c(C(=O)N2C3CCC2CC(O)C3)c1. The number of hydrogen-bond donors (Lipinski definition) is 3. The number of amides is 1. The highest BCUT2D eigenvalue weighted by atomic mass is 16.3. The van der Waals surface area contributed by atoms with Crippen LogP contribution in [0.1, 0.15) is 41.6 Å². The molecule has 5 heteroatoms. The summed E-state index contributed by atoms with van der Waals surface area (Å²) in [6.07, 6.45) is 3.11. The van der Waals surface area contributed by atoms with Crippen molar-refractivity contribution in [3.8, 4) is 0 Å². The highest BCUT2D eigenvalue weighted by Gasteiger charge is 2.43. The second-order valence-electron chi connectivity index (χ2n) is 5.92. The number of carbonyl (C=O) groups is 1. The topological polar surface area (TPSA) is 78.6 Å². The molecule has 2 unspecified atom stereocenters. The first-order valence-electron chi connectivity index (χ1n) is 7.18. The largest absolute Gasteiger partial charge is 0.393 e. The van der Waals surface area contributed by atoms with Crippen LogP contribution in [0.2, 0.25) is 0 Å². The van der Waals surface area contributed by atoms with Gasteiger partial charge in [-0.25, -0.2) is 0 Å². The molecule has 2 aliphatic rings. The van der Waals surface area contributed by atoms with E-state index in [1.54, 1.807) is 0 Å². The summed E-state index contributed by atoms with van der Waals surface area (Å²) in [7, 11) is 0. The summed E-state index contributed by atoms with van der Waals surface area (Å²) in [5.41, 5.74) is 4.93. The number of aliphatic hydroxyl groups excluding tert-OH is 1. The van der Waals surface area contributed by atoms with Gasteiger partial charge in [0.15, 0.2) is 0 Å². The van der Waals surface area contributed by atoms with Gasteiger partial charge >= 0.3 is 0 Å². The fourth-order valence-electron chi connectivity index (χ4n) is 3.58. The number of aryl methyl sites for hydroxylation is 1. The second kappa shape index (κ2) is 5.07. The van der Waals surface area contributed by atoms with Gasteiger partial charge in [-0.15, -0.1) is 0 Å². The average Bonchev–Trinajstić information content (AvgIpc) is 2.70. The van der Waals surface area contributed by atoms with Crippen LogP contribution in [0.5, 0.6) is 0 Å². The zero-order valence-electron chi connectivity index (χ0n) is 11.7. The van der Waals surface area contributed by atoms with Gasteiger partial charge in [-0.05, 0) is 44.7 Å². The number of nitrogens with two attached hydrogens (primary N) is 1. The molecule has 0 aliphatic carbocycles. The number of nitrogens with one attached hydrogen (secondary N) is 1. The van der Waals surface area contributed by atoms with Crippen LogP contribution in [0, 0.1) is 6.92 Å². The number of fused-ring (bicyclic) bond motifs is 2. The number of rotatable bonds is 2. The molecule has 2 atom stereocenters. The molecule has 5 nitrogen and oxygen atoms in total. The van der Waals surface area contributed by atoms with Crippen LogP contribution in [-0.4, -0.2) is 34.1 Å². The molecule has 2 heterocycles. The third-order valence-corrected chi connectivity index (χ3v) is 4.50. The molecule has 0 spiro atoms. The Morgan fingerprint density at radius 2 is 2.00 bits per heavy atom. The predicted octanol–water partition coefficient (Wildman–Crippen LogP) is 1.41. The number of nitrogens with zero attached hydrogens (tertiary/aromatic N) is 1. The Bertz CT molecular complexity index is 518. The predicted molar refractivity (Wildman–Crippen MR) is 77.2 cm³/mol. The molecule has 0 saturated carbocycles. The Kier molecular flexibility index (Phi) is 3.40. The number of benzene rings is 1. The maximum absolute atomic E-state index is 12.8. The lowest BCUT2D eigenvalue weighted by Crippen LogP contribution is -2.48. The van der Waals surface area contributed by atoms with E-state index >= 15 is 0 Å². The van der Waals surface area contributed by atoms with Crippen LogP contribution >= 0.6 is 0 Å². The quantitative estimate of drug-likeness (QED) is 0.563. The van der Waals surface area contributed by atoms with E-state index in [1.807, 2.05) is 30.0 Å². The zero-order chi connectivity index (χ0) is 14.3. The first-order chi connectivity index (χ1) is 9.60. The lowest BCUT2D eigenvalue weighted by Gasteiger charge is -2.37. The fourth-order valence-corrected chi connectivity index (χ4v) is 3.58. The second-order valence-corrected chi connectivity index (χ2v) is 5.92. The minimum atomic E-state index is -0.263. The smallest absolute Gasteiger partial charge is 0.256 e. The maximum Gasteiger partial charge on any atom is 0.256 e. The molecule has 3 rings (SSSR count). The summed E-state index contributed by atoms with van der Waals surface area (Å²) < 4.78 is 0. The monoisotopic (exact) mass is 275 g/mol. The van der Waals surface area contributed by atoms with Crippen LogP contribution in [0.4, 0.5) is 5.69 Å². The molecular weight excluding hydrogens is 254 g/mol. The summed E-state index contributed by atoms with van der Waals surface area (Å²) in [6, 6.07) is 5.98. The van der Waals surface area contributed by atoms with E-state index in [4.69, 9.17) is 5.84 Å². The number of nitrogen functional groups attached to an aromatic ring is 1. The Balaban J connectivity index is 1.92. The van der Waals surface area contributed by atoms with Gasteiger partial charge in [-0.1, -0.05) is 11.6 Å². The minimum Gasteiger partial charge on any atom is -0.393 e. The first kappa shape index (κ1) is 13.4. The van der Waals surface area contributed by atoms with E-state index in [9.17, 15) is 9.90 Å². The summed E-state index contributed by atoms with van der Waals surface area (Å²) >= 11 is 0. The molecule has 4 N–H and O–H groups in total. The van der Waals surface area contributed by atoms with Crippen LogP contribution < -0.4 is 11.3 Å². The molecule has 1 amide bonds. The van der Waals surface area contributed by atoms with Gasteiger partial charge in [-0.2, -0.15) is 0 Å². The third-order valence-electron chi connectivity index (χ3n) is 4.50. The van der Waals surface area contributed by atoms with Gasteiger partial charge in [-0.3, -0.25) is 10.6 Å².